The summed E-state index contributed by atoms with van der Waals surface area (Å²) in [6, 6.07) is 7.22. The number of hydrogen-bond acceptors (Lipinski definition) is 5. The Labute approximate surface area is 200 Å². The van der Waals surface area contributed by atoms with Gasteiger partial charge in [-0.05, 0) is 54.5 Å². The maximum Gasteiger partial charge on any atom is 0.255 e. The van der Waals surface area contributed by atoms with Gasteiger partial charge in [0.05, 0.1) is 0 Å². The van der Waals surface area contributed by atoms with E-state index in [0.29, 0.717) is 24.0 Å². The minimum Gasteiger partial charge on any atom is -0.322 e. The van der Waals surface area contributed by atoms with Crippen LogP contribution in [0.2, 0.25) is 0 Å². The molecular weight excluding hydrogens is 480 g/mol. The fourth-order valence-electron chi connectivity index (χ4n) is 5.12. The molecule has 184 valence electrons. The summed E-state index contributed by atoms with van der Waals surface area (Å²) in [5, 5.41) is 2.24. The van der Waals surface area contributed by atoms with Crippen molar-refractivity contribution >= 4 is 27.7 Å². The SMILES string of the molecule is O=C1CCC(N2Cc3cc(C4CCN(S(=O)(=O)c5ccccc5F)CC4)c(F)cc3C2=O)C(=O)N1. The molecule has 3 heterocycles. The zero-order chi connectivity index (χ0) is 24.9. The van der Waals surface area contributed by atoms with Crippen LogP contribution in [0.3, 0.4) is 0 Å². The van der Waals surface area contributed by atoms with Gasteiger partial charge in [0.25, 0.3) is 5.91 Å². The summed E-state index contributed by atoms with van der Waals surface area (Å²) in [7, 11) is -4.00. The smallest absolute Gasteiger partial charge is 0.255 e. The highest BCUT2D eigenvalue weighted by atomic mass is 32.2. The number of rotatable bonds is 4. The van der Waals surface area contributed by atoms with Crippen molar-refractivity contribution in [2.45, 2.75) is 49.1 Å². The van der Waals surface area contributed by atoms with Crippen LogP contribution >= 0.6 is 0 Å². The molecule has 0 radical (unpaired) electrons. The third-order valence-corrected chi connectivity index (χ3v) is 8.92. The Bertz CT molecular complexity index is 1340. The van der Waals surface area contributed by atoms with Crippen LogP contribution in [-0.4, -0.2) is 54.5 Å². The first-order valence-electron chi connectivity index (χ1n) is 11.4. The first-order valence-corrected chi connectivity index (χ1v) is 12.8. The molecule has 2 fully saturated rings. The van der Waals surface area contributed by atoms with E-state index < -0.39 is 39.5 Å². The molecule has 0 saturated carbocycles. The Balaban J connectivity index is 1.32. The molecule has 1 N–H and O–H groups in total. The molecule has 3 amide bonds. The summed E-state index contributed by atoms with van der Waals surface area (Å²) in [5.41, 5.74) is 1.18. The van der Waals surface area contributed by atoms with E-state index >= 15 is 4.39 Å². The number of carbonyl (C=O) groups is 3. The lowest BCUT2D eigenvalue weighted by Crippen LogP contribution is -2.52. The predicted octanol–water partition coefficient (Wildman–Crippen LogP) is 2.29. The lowest BCUT2D eigenvalue weighted by molar-refractivity contribution is -0.136. The number of carbonyl (C=O) groups excluding carboxylic acids is 3. The first kappa shape index (κ1) is 23.6. The van der Waals surface area contributed by atoms with Gasteiger partial charge in [-0.25, -0.2) is 17.2 Å². The largest absolute Gasteiger partial charge is 0.322 e. The van der Waals surface area contributed by atoms with E-state index in [2.05, 4.69) is 5.32 Å². The van der Waals surface area contributed by atoms with Gasteiger partial charge < -0.3 is 4.90 Å². The second kappa shape index (κ2) is 8.80. The van der Waals surface area contributed by atoms with Gasteiger partial charge in [0.1, 0.15) is 22.6 Å². The van der Waals surface area contributed by atoms with Crippen LogP contribution in [0.4, 0.5) is 8.78 Å². The molecule has 1 atom stereocenters. The van der Waals surface area contributed by atoms with Crippen molar-refractivity contribution < 1.29 is 31.6 Å². The zero-order valence-electron chi connectivity index (χ0n) is 18.7. The third kappa shape index (κ3) is 4.12. The summed E-state index contributed by atoms with van der Waals surface area (Å²) < 4.78 is 56.1. The van der Waals surface area contributed by atoms with Gasteiger partial charge in [-0.15, -0.1) is 0 Å². The Morgan fingerprint density at radius 3 is 2.34 bits per heavy atom. The lowest BCUT2D eigenvalue weighted by Gasteiger charge is -2.31. The molecule has 0 aromatic heterocycles. The minimum absolute atomic E-state index is 0.110. The molecular formula is C24H23F2N3O5S. The van der Waals surface area contributed by atoms with E-state index in [4.69, 9.17) is 0 Å². The number of nitrogens with zero attached hydrogens (tertiary/aromatic N) is 2. The number of halogens is 2. The van der Waals surface area contributed by atoms with Gasteiger partial charge in [-0.1, -0.05) is 18.2 Å². The molecule has 1 unspecified atom stereocenters. The van der Waals surface area contributed by atoms with Crippen LogP contribution in [0.5, 0.6) is 0 Å². The minimum atomic E-state index is -4.00. The zero-order valence-corrected chi connectivity index (χ0v) is 19.5. The number of hydrogen-bond donors (Lipinski definition) is 1. The van der Waals surface area contributed by atoms with Gasteiger partial charge in [-0.2, -0.15) is 4.31 Å². The molecule has 0 bridgehead atoms. The van der Waals surface area contributed by atoms with Crippen LogP contribution in [-0.2, 0) is 26.2 Å². The summed E-state index contributed by atoms with van der Waals surface area (Å²) in [5.74, 6) is -3.02. The lowest BCUT2D eigenvalue weighted by atomic mass is 9.88. The summed E-state index contributed by atoms with van der Waals surface area (Å²) in [4.78, 5) is 37.5. The standard InChI is InChI=1S/C24H23F2N3O5S/c25-18-3-1-2-4-21(18)35(33,34)28-9-7-14(8-10-28)16-11-15-13-29(24(32)17(15)12-19(16)26)20-5-6-22(30)27-23(20)31/h1-4,11-12,14,20H,5-10,13H2,(H,27,30,31). The van der Waals surface area contributed by atoms with Crippen LogP contribution in [0.15, 0.2) is 41.3 Å². The highest BCUT2D eigenvalue weighted by molar-refractivity contribution is 7.89. The molecule has 0 aliphatic carbocycles. The number of imide groups is 1. The topological polar surface area (TPSA) is 104 Å². The molecule has 2 saturated heterocycles. The molecule has 3 aliphatic heterocycles. The second-order valence-corrected chi connectivity index (χ2v) is 10.9. The van der Waals surface area contributed by atoms with Crippen molar-refractivity contribution in [2.75, 3.05) is 13.1 Å². The number of piperidine rings is 2. The fraction of sp³-hybridized carbons (Fsp3) is 0.375. The molecule has 35 heavy (non-hydrogen) atoms. The molecule has 5 rings (SSSR count). The number of sulfonamides is 1. The van der Waals surface area contributed by atoms with Crippen LogP contribution in [0.25, 0.3) is 0 Å². The van der Waals surface area contributed by atoms with Gasteiger partial charge in [0, 0.05) is 31.6 Å². The van der Waals surface area contributed by atoms with Crippen molar-refractivity contribution in [3.8, 4) is 0 Å². The number of amides is 3. The van der Waals surface area contributed by atoms with E-state index in [9.17, 15) is 27.2 Å². The Morgan fingerprint density at radius 2 is 1.66 bits per heavy atom. The first-order chi connectivity index (χ1) is 16.7. The van der Waals surface area contributed by atoms with E-state index in [1.807, 2.05) is 0 Å². The van der Waals surface area contributed by atoms with Crippen molar-refractivity contribution in [1.82, 2.24) is 14.5 Å². The van der Waals surface area contributed by atoms with Crippen molar-refractivity contribution in [3.05, 3.63) is 64.7 Å². The van der Waals surface area contributed by atoms with Crippen LogP contribution < -0.4 is 5.32 Å². The summed E-state index contributed by atoms with van der Waals surface area (Å²) in [6.07, 6.45) is 1.03. The summed E-state index contributed by atoms with van der Waals surface area (Å²) in [6.45, 7) is 0.354. The van der Waals surface area contributed by atoms with Crippen molar-refractivity contribution in [2.24, 2.45) is 0 Å². The molecule has 2 aromatic rings. The van der Waals surface area contributed by atoms with E-state index in [-0.39, 0.29) is 54.8 Å². The Morgan fingerprint density at radius 1 is 0.943 bits per heavy atom. The highest BCUT2D eigenvalue weighted by Crippen LogP contribution is 2.36. The van der Waals surface area contributed by atoms with E-state index in [0.717, 1.165) is 6.07 Å². The predicted molar refractivity (Wildman–Crippen MR) is 120 cm³/mol. The molecule has 2 aromatic carbocycles. The van der Waals surface area contributed by atoms with E-state index in [1.165, 1.54) is 33.5 Å². The van der Waals surface area contributed by atoms with Gasteiger partial charge in [0.2, 0.25) is 21.8 Å². The van der Waals surface area contributed by atoms with E-state index in [1.54, 1.807) is 6.07 Å². The maximum absolute atomic E-state index is 15.1. The fourth-order valence-corrected chi connectivity index (χ4v) is 6.66. The molecule has 11 heteroatoms. The van der Waals surface area contributed by atoms with Crippen LogP contribution in [0, 0.1) is 11.6 Å². The van der Waals surface area contributed by atoms with Gasteiger partial charge in [-0.3, -0.25) is 19.7 Å². The van der Waals surface area contributed by atoms with Gasteiger partial charge in [0.15, 0.2) is 0 Å². The second-order valence-electron chi connectivity index (χ2n) is 9.04. The van der Waals surface area contributed by atoms with Crippen molar-refractivity contribution in [1.29, 1.82) is 0 Å². The normalized spacial score (nSPS) is 21.8. The molecule has 8 nitrogen and oxygen atoms in total. The number of fused-ring (bicyclic) bond motifs is 1. The third-order valence-electron chi connectivity index (χ3n) is 6.99. The Kier molecular flexibility index (Phi) is 5.92. The quantitative estimate of drug-likeness (QED) is 0.645. The Hall–Kier alpha value is -3.18. The van der Waals surface area contributed by atoms with Crippen LogP contribution in [0.1, 0.15) is 53.1 Å². The molecule has 3 aliphatic rings. The van der Waals surface area contributed by atoms with Crippen molar-refractivity contribution in [3.63, 3.8) is 0 Å². The average Bonchev–Trinajstić information content (AvgIpc) is 3.14. The maximum atomic E-state index is 15.1. The average molecular weight is 504 g/mol. The highest BCUT2D eigenvalue weighted by Gasteiger charge is 2.40. The number of benzene rings is 2. The monoisotopic (exact) mass is 503 g/mol. The summed E-state index contributed by atoms with van der Waals surface area (Å²) >= 11 is 0. The molecule has 0 spiro atoms. The van der Waals surface area contributed by atoms with Gasteiger partial charge >= 0.3 is 0 Å². The number of nitrogens with one attached hydrogen (secondary N) is 1.